The fourth-order valence-electron chi connectivity index (χ4n) is 2.14. The average Bonchev–Trinajstić information content (AvgIpc) is 2.54. The Hall–Kier alpha value is -2.57. The van der Waals surface area contributed by atoms with Gasteiger partial charge in [-0.05, 0) is 42.7 Å². The molecular formula is C18H20F3N3O. The lowest BCUT2D eigenvalue weighted by Gasteiger charge is -2.11. The van der Waals surface area contributed by atoms with Crippen molar-refractivity contribution in [2.75, 3.05) is 11.9 Å². The summed E-state index contributed by atoms with van der Waals surface area (Å²) >= 11 is 0. The molecule has 0 saturated carbocycles. The van der Waals surface area contributed by atoms with E-state index in [4.69, 9.17) is 0 Å². The standard InChI is InChI=1S/C18H20F3N3O/c1-12(2)6-8-23-17(25)13-7-9-22-16(10-13)24-15-5-3-4-14(11-15)18(19,20)21/h3-5,7,9-12H,6,8H2,1-2H3,(H,22,24)(H,23,25). The average molecular weight is 351 g/mol. The van der Waals surface area contributed by atoms with E-state index in [-0.39, 0.29) is 11.6 Å². The van der Waals surface area contributed by atoms with Gasteiger partial charge in [-0.25, -0.2) is 4.98 Å². The molecule has 134 valence electrons. The Morgan fingerprint density at radius 2 is 1.96 bits per heavy atom. The molecule has 0 atom stereocenters. The second-order valence-electron chi connectivity index (χ2n) is 6.07. The van der Waals surface area contributed by atoms with Crippen molar-refractivity contribution >= 4 is 17.4 Å². The van der Waals surface area contributed by atoms with Gasteiger partial charge in [-0.3, -0.25) is 4.79 Å². The van der Waals surface area contributed by atoms with E-state index < -0.39 is 11.7 Å². The molecule has 7 heteroatoms. The predicted molar refractivity (Wildman–Crippen MR) is 90.8 cm³/mol. The summed E-state index contributed by atoms with van der Waals surface area (Å²) in [5, 5.41) is 5.60. The number of carbonyl (C=O) groups excluding carboxylic acids is 1. The molecule has 0 bridgehead atoms. The lowest BCUT2D eigenvalue weighted by Crippen LogP contribution is -2.25. The molecule has 0 radical (unpaired) electrons. The minimum atomic E-state index is -4.41. The zero-order chi connectivity index (χ0) is 18.4. The number of halogens is 3. The van der Waals surface area contributed by atoms with Crippen molar-refractivity contribution < 1.29 is 18.0 Å². The molecule has 0 aliphatic carbocycles. The highest BCUT2D eigenvalue weighted by Gasteiger charge is 2.30. The molecule has 25 heavy (non-hydrogen) atoms. The molecule has 1 aromatic heterocycles. The number of aromatic nitrogens is 1. The van der Waals surface area contributed by atoms with Crippen molar-refractivity contribution in [3.8, 4) is 0 Å². The van der Waals surface area contributed by atoms with Gasteiger partial charge in [0.2, 0.25) is 0 Å². The third kappa shape index (κ3) is 5.77. The van der Waals surface area contributed by atoms with E-state index in [0.29, 0.717) is 23.8 Å². The maximum absolute atomic E-state index is 12.8. The van der Waals surface area contributed by atoms with Crippen LogP contribution in [0, 0.1) is 5.92 Å². The van der Waals surface area contributed by atoms with E-state index in [9.17, 15) is 18.0 Å². The number of benzene rings is 1. The molecule has 0 saturated heterocycles. The van der Waals surface area contributed by atoms with Crippen LogP contribution in [0.3, 0.4) is 0 Å². The number of hydrogen-bond acceptors (Lipinski definition) is 3. The van der Waals surface area contributed by atoms with Crippen LogP contribution in [0.25, 0.3) is 0 Å². The number of alkyl halides is 3. The molecule has 0 fully saturated rings. The number of rotatable bonds is 6. The van der Waals surface area contributed by atoms with Crippen molar-refractivity contribution in [2.45, 2.75) is 26.4 Å². The predicted octanol–water partition coefficient (Wildman–Crippen LogP) is 4.62. The van der Waals surface area contributed by atoms with Gasteiger partial charge >= 0.3 is 6.18 Å². The van der Waals surface area contributed by atoms with Gasteiger partial charge in [0.1, 0.15) is 5.82 Å². The largest absolute Gasteiger partial charge is 0.416 e. The maximum Gasteiger partial charge on any atom is 0.416 e. The number of anilines is 2. The molecule has 0 spiro atoms. The number of nitrogens with zero attached hydrogens (tertiary/aromatic N) is 1. The first-order chi connectivity index (χ1) is 11.8. The quantitative estimate of drug-likeness (QED) is 0.798. The second-order valence-corrected chi connectivity index (χ2v) is 6.07. The third-order valence-corrected chi connectivity index (χ3v) is 3.49. The van der Waals surface area contributed by atoms with E-state index in [1.165, 1.54) is 24.4 Å². The summed E-state index contributed by atoms with van der Waals surface area (Å²) in [6, 6.07) is 7.88. The molecule has 2 rings (SSSR count). The first-order valence-corrected chi connectivity index (χ1v) is 7.94. The van der Waals surface area contributed by atoms with Crippen molar-refractivity contribution in [3.63, 3.8) is 0 Å². The van der Waals surface area contributed by atoms with Crippen molar-refractivity contribution in [3.05, 3.63) is 53.7 Å². The Kier molecular flexibility index (Phi) is 6.01. The summed E-state index contributed by atoms with van der Waals surface area (Å²) in [5.41, 5.74) is -0.104. The Morgan fingerprint density at radius 3 is 2.64 bits per heavy atom. The summed E-state index contributed by atoms with van der Waals surface area (Å²) in [6.07, 6.45) is -2.11. The highest BCUT2D eigenvalue weighted by Crippen LogP contribution is 2.31. The molecule has 1 heterocycles. The van der Waals surface area contributed by atoms with Crippen LogP contribution in [-0.2, 0) is 6.18 Å². The van der Waals surface area contributed by atoms with Gasteiger partial charge < -0.3 is 10.6 Å². The van der Waals surface area contributed by atoms with E-state index >= 15 is 0 Å². The van der Waals surface area contributed by atoms with E-state index in [1.54, 1.807) is 6.07 Å². The lowest BCUT2D eigenvalue weighted by molar-refractivity contribution is -0.137. The smallest absolute Gasteiger partial charge is 0.352 e. The van der Waals surface area contributed by atoms with Crippen LogP contribution in [-0.4, -0.2) is 17.4 Å². The van der Waals surface area contributed by atoms with Gasteiger partial charge in [0.05, 0.1) is 5.56 Å². The SMILES string of the molecule is CC(C)CCNC(=O)c1ccnc(Nc2cccc(C(F)(F)F)c2)c1. The van der Waals surface area contributed by atoms with Gasteiger partial charge in [0.25, 0.3) is 5.91 Å². The molecule has 2 aromatic rings. The molecular weight excluding hydrogens is 331 g/mol. The van der Waals surface area contributed by atoms with E-state index in [1.807, 2.05) is 0 Å². The van der Waals surface area contributed by atoms with Crippen molar-refractivity contribution in [1.82, 2.24) is 10.3 Å². The van der Waals surface area contributed by atoms with Crippen LogP contribution in [0.4, 0.5) is 24.7 Å². The summed E-state index contributed by atoms with van der Waals surface area (Å²) in [4.78, 5) is 16.1. The second kappa shape index (κ2) is 8.00. The highest BCUT2D eigenvalue weighted by molar-refractivity contribution is 5.94. The topological polar surface area (TPSA) is 54.0 Å². The van der Waals surface area contributed by atoms with Gasteiger partial charge in [0, 0.05) is 24.0 Å². The monoisotopic (exact) mass is 351 g/mol. The summed E-state index contributed by atoms with van der Waals surface area (Å²) in [6.45, 7) is 4.70. The molecule has 4 nitrogen and oxygen atoms in total. The summed E-state index contributed by atoms with van der Waals surface area (Å²) in [7, 11) is 0. The zero-order valence-corrected chi connectivity index (χ0v) is 14.0. The minimum absolute atomic E-state index is 0.241. The molecule has 2 N–H and O–H groups in total. The number of hydrogen-bond donors (Lipinski definition) is 2. The third-order valence-electron chi connectivity index (χ3n) is 3.49. The van der Waals surface area contributed by atoms with Gasteiger partial charge in [0.15, 0.2) is 0 Å². The zero-order valence-electron chi connectivity index (χ0n) is 14.0. The fraction of sp³-hybridized carbons (Fsp3) is 0.333. The first-order valence-electron chi connectivity index (χ1n) is 7.94. The van der Waals surface area contributed by atoms with Crippen LogP contribution < -0.4 is 10.6 Å². The van der Waals surface area contributed by atoms with Crippen LogP contribution in [0.15, 0.2) is 42.6 Å². The van der Waals surface area contributed by atoms with E-state index in [2.05, 4.69) is 29.5 Å². The maximum atomic E-state index is 12.8. The first kappa shape index (κ1) is 18.8. The van der Waals surface area contributed by atoms with Gasteiger partial charge in [-0.15, -0.1) is 0 Å². The molecule has 0 aliphatic rings. The Morgan fingerprint density at radius 1 is 1.20 bits per heavy atom. The van der Waals surface area contributed by atoms with Crippen LogP contribution >= 0.6 is 0 Å². The molecule has 1 amide bonds. The van der Waals surface area contributed by atoms with Gasteiger partial charge in [-0.2, -0.15) is 13.2 Å². The van der Waals surface area contributed by atoms with Crippen LogP contribution in [0.1, 0.15) is 36.2 Å². The Balaban J connectivity index is 2.08. The van der Waals surface area contributed by atoms with Crippen molar-refractivity contribution in [1.29, 1.82) is 0 Å². The number of nitrogens with one attached hydrogen (secondary N) is 2. The van der Waals surface area contributed by atoms with Crippen LogP contribution in [0.5, 0.6) is 0 Å². The number of amides is 1. The molecule has 0 unspecified atom stereocenters. The lowest BCUT2D eigenvalue weighted by atomic mass is 10.1. The molecule has 1 aromatic carbocycles. The van der Waals surface area contributed by atoms with E-state index in [0.717, 1.165) is 18.6 Å². The number of pyridine rings is 1. The summed E-state index contributed by atoms with van der Waals surface area (Å²) in [5.74, 6) is 0.543. The van der Waals surface area contributed by atoms with Gasteiger partial charge in [-0.1, -0.05) is 19.9 Å². The highest BCUT2D eigenvalue weighted by atomic mass is 19.4. The normalized spacial score (nSPS) is 11.4. The Bertz CT molecular complexity index is 730. The minimum Gasteiger partial charge on any atom is -0.352 e. The van der Waals surface area contributed by atoms with Crippen molar-refractivity contribution in [2.24, 2.45) is 5.92 Å². The molecule has 0 aliphatic heterocycles. The number of carbonyl (C=O) groups is 1. The fourth-order valence-corrected chi connectivity index (χ4v) is 2.14. The summed E-state index contributed by atoms with van der Waals surface area (Å²) < 4.78 is 38.3. The van der Waals surface area contributed by atoms with Crippen LogP contribution in [0.2, 0.25) is 0 Å². The Labute approximate surface area is 144 Å².